The van der Waals surface area contributed by atoms with Gasteiger partial charge in [0.25, 0.3) is 5.56 Å². The van der Waals surface area contributed by atoms with E-state index >= 15 is 0 Å². The van der Waals surface area contributed by atoms with Crippen LogP contribution in [0.3, 0.4) is 0 Å². The number of hydrogen-bond acceptors (Lipinski definition) is 3. The topological polar surface area (TPSA) is 71.8 Å². The van der Waals surface area contributed by atoms with E-state index in [1.54, 1.807) is 12.1 Å². The summed E-state index contributed by atoms with van der Waals surface area (Å²) in [7, 11) is 0. The van der Waals surface area contributed by atoms with Crippen molar-refractivity contribution in [2.45, 2.75) is 19.8 Å². The van der Waals surface area contributed by atoms with Gasteiger partial charge in [-0.3, -0.25) is 4.79 Å². The average Bonchev–Trinajstić information content (AvgIpc) is 2.32. The SMILES string of the molecule is CCc1c(N)nc(Cc2ccc(F)cc2)[nH]c1=O. The lowest BCUT2D eigenvalue weighted by Crippen LogP contribution is -2.19. The number of aromatic amines is 1. The maximum atomic E-state index is 12.8. The molecule has 0 radical (unpaired) electrons. The number of rotatable bonds is 3. The molecule has 5 heteroatoms. The summed E-state index contributed by atoms with van der Waals surface area (Å²) in [6, 6.07) is 6.05. The van der Waals surface area contributed by atoms with Gasteiger partial charge < -0.3 is 10.7 Å². The number of anilines is 1. The largest absolute Gasteiger partial charge is 0.383 e. The molecule has 1 heterocycles. The van der Waals surface area contributed by atoms with E-state index in [0.717, 1.165) is 5.56 Å². The van der Waals surface area contributed by atoms with Crippen LogP contribution in [0.4, 0.5) is 10.2 Å². The molecule has 3 N–H and O–H groups in total. The van der Waals surface area contributed by atoms with Gasteiger partial charge in [-0.25, -0.2) is 9.37 Å². The van der Waals surface area contributed by atoms with Crippen molar-refractivity contribution in [1.29, 1.82) is 0 Å². The third-order valence-corrected chi connectivity index (χ3v) is 2.73. The lowest BCUT2D eigenvalue weighted by Gasteiger charge is -2.05. The number of halogens is 1. The molecule has 0 saturated carbocycles. The minimum absolute atomic E-state index is 0.206. The quantitative estimate of drug-likeness (QED) is 0.866. The highest BCUT2D eigenvalue weighted by molar-refractivity contribution is 5.38. The van der Waals surface area contributed by atoms with Crippen molar-refractivity contribution in [3.05, 3.63) is 57.4 Å². The Labute approximate surface area is 104 Å². The van der Waals surface area contributed by atoms with E-state index in [4.69, 9.17) is 5.73 Å². The Hall–Kier alpha value is -2.17. The van der Waals surface area contributed by atoms with Gasteiger partial charge in [-0.1, -0.05) is 19.1 Å². The monoisotopic (exact) mass is 247 g/mol. The molecule has 0 saturated heterocycles. The Balaban J connectivity index is 2.30. The third-order valence-electron chi connectivity index (χ3n) is 2.73. The summed E-state index contributed by atoms with van der Waals surface area (Å²) in [5.41, 5.74) is 6.88. The molecule has 18 heavy (non-hydrogen) atoms. The maximum absolute atomic E-state index is 12.8. The van der Waals surface area contributed by atoms with Crippen LogP contribution < -0.4 is 11.3 Å². The summed E-state index contributed by atoms with van der Waals surface area (Å²) in [6.45, 7) is 1.85. The summed E-state index contributed by atoms with van der Waals surface area (Å²) >= 11 is 0. The van der Waals surface area contributed by atoms with Crippen LogP contribution in [0, 0.1) is 5.82 Å². The van der Waals surface area contributed by atoms with Gasteiger partial charge in [0.2, 0.25) is 0 Å². The van der Waals surface area contributed by atoms with Crippen molar-refractivity contribution in [3.8, 4) is 0 Å². The van der Waals surface area contributed by atoms with E-state index in [1.807, 2.05) is 6.92 Å². The first-order chi connectivity index (χ1) is 8.60. The van der Waals surface area contributed by atoms with E-state index in [-0.39, 0.29) is 17.2 Å². The first-order valence-electron chi connectivity index (χ1n) is 5.72. The maximum Gasteiger partial charge on any atom is 0.256 e. The number of H-pyrrole nitrogens is 1. The smallest absolute Gasteiger partial charge is 0.256 e. The summed E-state index contributed by atoms with van der Waals surface area (Å²) in [5, 5.41) is 0. The van der Waals surface area contributed by atoms with E-state index in [9.17, 15) is 9.18 Å². The van der Waals surface area contributed by atoms with Gasteiger partial charge in [-0.2, -0.15) is 0 Å². The Kier molecular flexibility index (Phi) is 3.41. The van der Waals surface area contributed by atoms with Gasteiger partial charge in [0.1, 0.15) is 17.5 Å². The normalized spacial score (nSPS) is 10.6. The van der Waals surface area contributed by atoms with Gasteiger partial charge >= 0.3 is 0 Å². The number of benzene rings is 1. The number of nitrogens with zero attached hydrogens (tertiary/aromatic N) is 1. The number of nitrogen functional groups attached to an aromatic ring is 1. The van der Waals surface area contributed by atoms with E-state index < -0.39 is 0 Å². The number of hydrogen-bond donors (Lipinski definition) is 2. The van der Waals surface area contributed by atoms with E-state index in [1.165, 1.54) is 12.1 Å². The molecule has 1 aromatic heterocycles. The second-order valence-corrected chi connectivity index (χ2v) is 4.03. The van der Waals surface area contributed by atoms with Crippen molar-refractivity contribution in [3.63, 3.8) is 0 Å². The molecule has 0 spiro atoms. The van der Waals surface area contributed by atoms with Gasteiger partial charge in [0.15, 0.2) is 0 Å². The van der Waals surface area contributed by atoms with Crippen LogP contribution in [0.5, 0.6) is 0 Å². The fourth-order valence-electron chi connectivity index (χ4n) is 1.78. The predicted molar refractivity (Wildman–Crippen MR) is 67.9 cm³/mol. The molecule has 0 aliphatic carbocycles. The number of nitrogens with two attached hydrogens (primary N) is 1. The molecule has 0 atom stereocenters. The zero-order chi connectivity index (χ0) is 13.1. The Morgan fingerprint density at radius 2 is 2.00 bits per heavy atom. The highest BCUT2D eigenvalue weighted by atomic mass is 19.1. The molecular weight excluding hydrogens is 233 g/mol. The van der Waals surface area contributed by atoms with Crippen molar-refractivity contribution >= 4 is 5.82 Å². The van der Waals surface area contributed by atoms with Crippen molar-refractivity contribution in [2.24, 2.45) is 0 Å². The fraction of sp³-hybridized carbons (Fsp3) is 0.231. The summed E-state index contributed by atoms with van der Waals surface area (Å²) in [6.07, 6.45) is 0.967. The Morgan fingerprint density at radius 1 is 1.33 bits per heavy atom. The fourth-order valence-corrected chi connectivity index (χ4v) is 1.78. The first kappa shape index (κ1) is 12.3. The average molecular weight is 247 g/mol. The van der Waals surface area contributed by atoms with Crippen molar-refractivity contribution in [1.82, 2.24) is 9.97 Å². The minimum atomic E-state index is -0.291. The molecule has 4 nitrogen and oxygen atoms in total. The van der Waals surface area contributed by atoms with Gasteiger partial charge in [-0.15, -0.1) is 0 Å². The van der Waals surface area contributed by atoms with Gasteiger partial charge in [0, 0.05) is 6.42 Å². The Morgan fingerprint density at radius 3 is 2.56 bits per heavy atom. The molecule has 2 rings (SSSR count). The predicted octanol–water partition coefficient (Wildman–Crippen LogP) is 1.64. The molecule has 1 aromatic carbocycles. The molecular formula is C13H14FN3O. The van der Waals surface area contributed by atoms with E-state index in [2.05, 4.69) is 9.97 Å². The first-order valence-corrected chi connectivity index (χ1v) is 5.72. The molecule has 0 fully saturated rings. The van der Waals surface area contributed by atoms with E-state index in [0.29, 0.717) is 24.2 Å². The lowest BCUT2D eigenvalue weighted by atomic mass is 10.1. The molecule has 0 bridgehead atoms. The summed E-state index contributed by atoms with van der Waals surface area (Å²) in [5.74, 6) is 0.459. The van der Waals surface area contributed by atoms with Gasteiger partial charge in [0.05, 0.1) is 5.56 Å². The number of nitrogens with one attached hydrogen (secondary N) is 1. The second-order valence-electron chi connectivity index (χ2n) is 4.03. The minimum Gasteiger partial charge on any atom is -0.383 e. The second kappa shape index (κ2) is 5.00. The van der Waals surface area contributed by atoms with Gasteiger partial charge in [-0.05, 0) is 24.1 Å². The Bertz CT molecular complexity index is 605. The van der Waals surface area contributed by atoms with Crippen LogP contribution in [0.15, 0.2) is 29.1 Å². The molecule has 0 amide bonds. The summed E-state index contributed by atoms with van der Waals surface area (Å²) in [4.78, 5) is 18.5. The van der Waals surface area contributed by atoms with Crippen LogP contribution in [-0.4, -0.2) is 9.97 Å². The standard InChI is InChI=1S/C13H14FN3O/c1-2-10-12(15)16-11(17-13(10)18)7-8-3-5-9(14)6-4-8/h3-6H,2,7H2,1H3,(H3,15,16,17,18). The van der Waals surface area contributed by atoms with Crippen LogP contribution in [-0.2, 0) is 12.8 Å². The highest BCUT2D eigenvalue weighted by Gasteiger charge is 2.07. The molecule has 0 aliphatic heterocycles. The molecule has 0 aliphatic rings. The zero-order valence-corrected chi connectivity index (χ0v) is 10.0. The highest BCUT2D eigenvalue weighted by Crippen LogP contribution is 2.09. The molecule has 94 valence electrons. The van der Waals surface area contributed by atoms with Crippen LogP contribution in [0.25, 0.3) is 0 Å². The van der Waals surface area contributed by atoms with Crippen LogP contribution in [0.1, 0.15) is 23.9 Å². The zero-order valence-electron chi connectivity index (χ0n) is 10.0. The van der Waals surface area contributed by atoms with Crippen LogP contribution in [0.2, 0.25) is 0 Å². The van der Waals surface area contributed by atoms with Crippen LogP contribution >= 0.6 is 0 Å². The van der Waals surface area contributed by atoms with Crippen molar-refractivity contribution in [2.75, 3.05) is 5.73 Å². The molecule has 2 aromatic rings. The third kappa shape index (κ3) is 2.56. The molecule has 0 unspecified atom stereocenters. The number of aromatic nitrogens is 2. The summed E-state index contributed by atoms with van der Waals surface area (Å²) < 4.78 is 12.8. The van der Waals surface area contributed by atoms with Crippen molar-refractivity contribution < 1.29 is 4.39 Å². The lowest BCUT2D eigenvalue weighted by molar-refractivity contribution is 0.627.